The first kappa shape index (κ1) is 15.7. The molecule has 128 valence electrons. The molecule has 5 heteroatoms. The molecular formula is C19H25N3O2. The maximum Gasteiger partial charge on any atom is 0.256 e. The van der Waals surface area contributed by atoms with Gasteiger partial charge in [-0.25, -0.2) is 0 Å². The summed E-state index contributed by atoms with van der Waals surface area (Å²) >= 11 is 0. The van der Waals surface area contributed by atoms with Gasteiger partial charge in [0.05, 0.1) is 17.7 Å². The lowest BCUT2D eigenvalue weighted by Gasteiger charge is -2.53. The highest BCUT2D eigenvalue weighted by molar-refractivity contribution is 6.05. The number of para-hydroxylation sites is 1. The summed E-state index contributed by atoms with van der Waals surface area (Å²) in [7, 11) is 2.12. The van der Waals surface area contributed by atoms with Crippen LogP contribution in [-0.2, 0) is 0 Å². The molecule has 24 heavy (non-hydrogen) atoms. The first-order valence-electron chi connectivity index (χ1n) is 8.81. The van der Waals surface area contributed by atoms with E-state index in [0.29, 0.717) is 6.54 Å². The average Bonchev–Trinajstić information content (AvgIpc) is 3.10. The Balaban J connectivity index is 1.62. The summed E-state index contributed by atoms with van der Waals surface area (Å²) in [5, 5.41) is 11.1. The Kier molecular flexibility index (Phi) is 3.85. The van der Waals surface area contributed by atoms with E-state index in [1.165, 1.54) is 0 Å². The number of H-pyrrole nitrogens is 1. The van der Waals surface area contributed by atoms with Gasteiger partial charge in [-0.3, -0.25) is 4.79 Å². The number of hydrogen-bond acceptors (Lipinski definition) is 3. The number of aromatic amines is 1. The predicted molar refractivity (Wildman–Crippen MR) is 94.0 cm³/mol. The summed E-state index contributed by atoms with van der Waals surface area (Å²) in [5.41, 5.74) is 1.62. The second-order valence-electron chi connectivity index (χ2n) is 7.37. The molecule has 2 atom stereocenters. The van der Waals surface area contributed by atoms with Gasteiger partial charge < -0.3 is 19.9 Å². The van der Waals surface area contributed by atoms with Crippen molar-refractivity contribution in [3.05, 3.63) is 36.0 Å². The molecule has 4 rings (SSSR count). The van der Waals surface area contributed by atoms with E-state index in [-0.39, 0.29) is 24.0 Å². The maximum atomic E-state index is 13.1. The number of carbonyl (C=O) groups is 1. The van der Waals surface area contributed by atoms with Gasteiger partial charge >= 0.3 is 0 Å². The molecule has 3 heterocycles. The summed E-state index contributed by atoms with van der Waals surface area (Å²) in [6, 6.07) is 8.10. The summed E-state index contributed by atoms with van der Waals surface area (Å²) < 4.78 is 0. The predicted octanol–water partition coefficient (Wildman–Crippen LogP) is 2.09. The third-order valence-corrected chi connectivity index (χ3v) is 6.12. The van der Waals surface area contributed by atoms with Crippen LogP contribution >= 0.6 is 0 Å². The van der Waals surface area contributed by atoms with Crippen molar-refractivity contribution in [3.8, 4) is 0 Å². The highest BCUT2D eigenvalue weighted by atomic mass is 16.3. The van der Waals surface area contributed by atoms with E-state index in [0.717, 1.165) is 48.8 Å². The number of aromatic nitrogens is 1. The van der Waals surface area contributed by atoms with Crippen LogP contribution < -0.4 is 0 Å². The molecule has 1 aromatic heterocycles. The highest BCUT2D eigenvalue weighted by Crippen LogP contribution is 2.41. The molecule has 2 fully saturated rings. The van der Waals surface area contributed by atoms with E-state index < -0.39 is 0 Å². The number of rotatable bonds is 2. The highest BCUT2D eigenvalue weighted by Gasteiger charge is 2.47. The fourth-order valence-corrected chi connectivity index (χ4v) is 4.63. The van der Waals surface area contributed by atoms with Gasteiger partial charge in [0.1, 0.15) is 0 Å². The van der Waals surface area contributed by atoms with Crippen LogP contribution in [0.3, 0.4) is 0 Å². The van der Waals surface area contributed by atoms with Gasteiger partial charge in [0.25, 0.3) is 5.91 Å². The third kappa shape index (κ3) is 2.34. The number of likely N-dealkylation sites (tertiary alicyclic amines) is 2. The molecule has 0 saturated carbocycles. The molecule has 1 amide bonds. The summed E-state index contributed by atoms with van der Waals surface area (Å²) in [4.78, 5) is 20.6. The first-order chi connectivity index (χ1) is 11.6. The Bertz CT molecular complexity index is 756. The van der Waals surface area contributed by atoms with Crippen LogP contribution in [0.25, 0.3) is 10.9 Å². The van der Waals surface area contributed by atoms with E-state index >= 15 is 0 Å². The molecule has 5 nitrogen and oxygen atoms in total. The molecule has 2 aromatic rings. The summed E-state index contributed by atoms with van der Waals surface area (Å²) in [5.74, 6) is 0.0913. The summed E-state index contributed by atoms with van der Waals surface area (Å²) in [6.07, 6.45) is 4.95. The van der Waals surface area contributed by atoms with Crippen LogP contribution in [0.15, 0.2) is 30.5 Å². The number of hydrogen-bond donors (Lipinski definition) is 2. The van der Waals surface area contributed by atoms with E-state index in [1.54, 1.807) is 0 Å². The fourth-order valence-electron chi connectivity index (χ4n) is 4.63. The average molecular weight is 327 g/mol. The van der Waals surface area contributed by atoms with Gasteiger partial charge in [-0.2, -0.15) is 0 Å². The Morgan fingerprint density at radius 1 is 1.33 bits per heavy atom. The Morgan fingerprint density at radius 2 is 2.21 bits per heavy atom. The fraction of sp³-hybridized carbons (Fsp3) is 0.526. The normalized spacial score (nSPS) is 28.1. The molecule has 2 aliphatic heterocycles. The maximum absolute atomic E-state index is 13.1. The van der Waals surface area contributed by atoms with Crippen molar-refractivity contribution in [1.29, 1.82) is 0 Å². The quantitative estimate of drug-likeness (QED) is 0.888. The van der Waals surface area contributed by atoms with Gasteiger partial charge in [0, 0.05) is 36.1 Å². The summed E-state index contributed by atoms with van der Waals surface area (Å²) in [6.45, 7) is 2.69. The van der Waals surface area contributed by atoms with Gasteiger partial charge in [0.15, 0.2) is 0 Å². The number of piperidine rings is 2. The molecule has 0 bridgehead atoms. The van der Waals surface area contributed by atoms with Crippen molar-refractivity contribution in [2.45, 2.75) is 25.3 Å². The lowest BCUT2D eigenvalue weighted by atomic mass is 9.69. The van der Waals surface area contributed by atoms with Crippen LogP contribution in [0.1, 0.15) is 29.6 Å². The number of aliphatic hydroxyl groups is 1. The molecule has 0 unspecified atom stereocenters. The van der Waals surface area contributed by atoms with Crippen LogP contribution in [0, 0.1) is 5.41 Å². The minimum Gasteiger partial charge on any atom is -0.396 e. The zero-order chi connectivity index (χ0) is 16.7. The number of carbonyl (C=O) groups excluding carboxylic acids is 1. The lowest BCUT2D eigenvalue weighted by Crippen LogP contribution is -2.62. The van der Waals surface area contributed by atoms with Gasteiger partial charge in [-0.05, 0) is 45.0 Å². The van der Waals surface area contributed by atoms with Crippen molar-refractivity contribution in [1.82, 2.24) is 14.8 Å². The topological polar surface area (TPSA) is 59.6 Å². The van der Waals surface area contributed by atoms with E-state index in [1.807, 2.05) is 35.4 Å². The van der Waals surface area contributed by atoms with Crippen molar-refractivity contribution >= 4 is 16.8 Å². The molecule has 0 radical (unpaired) electrons. The Hall–Kier alpha value is -1.85. The number of aliphatic hydroxyl groups excluding tert-OH is 1. The number of amides is 1. The van der Waals surface area contributed by atoms with Crippen LogP contribution in [0.2, 0.25) is 0 Å². The van der Waals surface area contributed by atoms with Crippen molar-refractivity contribution in [2.24, 2.45) is 5.41 Å². The van der Waals surface area contributed by atoms with Crippen LogP contribution in [-0.4, -0.2) is 65.1 Å². The van der Waals surface area contributed by atoms with E-state index in [4.69, 9.17) is 0 Å². The molecule has 2 saturated heterocycles. The standard InChI is InChI=1S/C19H25N3O2/c1-21-10-3-7-19(13-23)8-11-22(12-16(19)21)18(24)15-5-2-4-14-6-9-20-17(14)15/h2,4-6,9,16,20,23H,3,7-8,10-13H2,1H3/t16-,19-/m1/s1. The Morgan fingerprint density at radius 3 is 3.04 bits per heavy atom. The number of benzene rings is 1. The third-order valence-electron chi connectivity index (χ3n) is 6.12. The zero-order valence-corrected chi connectivity index (χ0v) is 14.2. The van der Waals surface area contributed by atoms with Crippen LogP contribution in [0.4, 0.5) is 0 Å². The minimum atomic E-state index is -0.0395. The van der Waals surface area contributed by atoms with Crippen molar-refractivity contribution in [3.63, 3.8) is 0 Å². The molecule has 0 aliphatic carbocycles. The second-order valence-corrected chi connectivity index (χ2v) is 7.37. The molecule has 1 aromatic carbocycles. The van der Waals surface area contributed by atoms with Crippen molar-refractivity contribution < 1.29 is 9.90 Å². The molecular weight excluding hydrogens is 302 g/mol. The van der Waals surface area contributed by atoms with Gasteiger partial charge in [0.2, 0.25) is 0 Å². The molecule has 2 N–H and O–H groups in total. The van der Waals surface area contributed by atoms with E-state index in [9.17, 15) is 9.90 Å². The van der Waals surface area contributed by atoms with E-state index in [2.05, 4.69) is 16.9 Å². The second kappa shape index (κ2) is 5.90. The number of likely N-dealkylation sites (N-methyl/N-ethyl adjacent to an activating group) is 1. The lowest BCUT2D eigenvalue weighted by molar-refractivity contribution is -0.0601. The van der Waals surface area contributed by atoms with Crippen LogP contribution in [0.5, 0.6) is 0 Å². The zero-order valence-electron chi connectivity index (χ0n) is 14.2. The largest absolute Gasteiger partial charge is 0.396 e. The monoisotopic (exact) mass is 327 g/mol. The van der Waals surface area contributed by atoms with Crippen molar-refractivity contribution in [2.75, 3.05) is 33.3 Å². The Labute approximate surface area is 142 Å². The van der Waals surface area contributed by atoms with Gasteiger partial charge in [-0.1, -0.05) is 12.1 Å². The number of fused-ring (bicyclic) bond motifs is 2. The SMILES string of the molecule is CN1CCC[C@]2(CO)CCN(C(=O)c3cccc4cc[nH]c34)C[C@@H]12. The minimum absolute atomic E-state index is 0.0395. The first-order valence-corrected chi connectivity index (χ1v) is 8.81. The van der Waals surface area contributed by atoms with Gasteiger partial charge in [-0.15, -0.1) is 0 Å². The molecule has 0 spiro atoms. The number of nitrogens with zero attached hydrogens (tertiary/aromatic N) is 2. The number of nitrogens with one attached hydrogen (secondary N) is 1. The molecule has 2 aliphatic rings. The smallest absolute Gasteiger partial charge is 0.256 e.